The van der Waals surface area contributed by atoms with Gasteiger partial charge in [-0.1, -0.05) is 0 Å². The number of nitrogens with one attached hydrogen (secondary N) is 1. The van der Waals surface area contributed by atoms with Gasteiger partial charge < -0.3 is 11.1 Å². The minimum absolute atomic E-state index is 0.570. The highest BCUT2D eigenvalue weighted by Crippen LogP contribution is 2.05. The van der Waals surface area contributed by atoms with Crippen LogP contribution >= 0.6 is 11.3 Å². The van der Waals surface area contributed by atoms with Crippen LogP contribution in [0.2, 0.25) is 0 Å². The summed E-state index contributed by atoms with van der Waals surface area (Å²) in [5, 5.41) is 6.18. The van der Waals surface area contributed by atoms with Crippen LogP contribution in [0.5, 0.6) is 0 Å². The smallest absolute Gasteiger partial charge is 0.222 e. The number of thiazole rings is 1. The molecular weight excluding hydrogens is 210 g/mol. The first-order chi connectivity index (χ1) is 7.34. The van der Waals surface area contributed by atoms with Crippen molar-refractivity contribution in [3.63, 3.8) is 0 Å². The molecule has 0 aliphatic heterocycles. The van der Waals surface area contributed by atoms with E-state index in [2.05, 4.69) is 20.3 Å². The van der Waals surface area contributed by atoms with E-state index < -0.39 is 0 Å². The standard InChI is InChI=1S/C9H11N5S/c10-7-5-13-9(14-6-7)12-2-1-8-11-3-4-15-8/h3-6H,1-2,10H2,(H,12,13,14). The van der Waals surface area contributed by atoms with Gasteiger partial charge in [0.05, 0.1) is 23.1 Å². The van der Waals surface area contributed by atoms with Crippen LogP contribution in [0.4, 0.5) is 11.6 Å². The van der Waals surface area contributed by atoms with Gasteiger partial charge in [0.15, 0.2) is 0 Å². The van der Waals surface area contributed by atoms with E-state index in [0.29, 0.717) is 11.6 Å². The fourth-order valence-corrected chi connectivity index (χ4v) is 1.71. The first-order valence-corrected chi connectivity index (χ1v) is 5.42. The van der Waals surface area contributed by atoms with Gasteiger partial charge in [0.1, 0.15) is 0 Å². The lowest BCUT2D eigenvalue weighted by molar-refractivity contribution is 0.970. The minimum Gasteiger partial charge on any atom is -0.396 e. The quantitative estimate of drug-likeness (QED) is 0.810. The highest BCUT2D eigenvalue weighted by Gasteiger charge is 1.97. The number of anilines is 2. The van der Waals surface area contributed by atoms with Crippen molar-refractivity contribution in [3.05, 3.63) is 29.0 Å². The second-order valence-electron chi connectivity index (χ2n) is 2.94. The van der Waals surface area contributed by atoms with Crippen LogP contribution in [0, 0.1) is 0 Å². The average Bonchev–Trinajstić information content (AvgIpc) is 2.74. The molecule has 2 aromatic heterocycles. The Morgan fingerprint density at radius 3 is 2.73 bits per heavy atom. The van der Waals surface area contributed by atoms with Gasteiger partial charge in [0.25, 0.3) is 0 Å². The highest BCUT2D eigenvalue weighted by molar-refractivity contribution is 7.09. The van der Waals surface area contributed by atoms with E-state index in [0.717, 1.165) is 18.0 Å². The lowest BCUT2D eigenvalue weighted by Crippen LogP contribution is -2.07. The topological polar surface area (TPSA) is 76.7 Å². The first-order valence-electron chi connectivity index (χ1n) is 4.54. The van der Waals surface area contributed by atoms with Crippen molar-refractivity contribution in [1.29, 1.82) is 0 Å². The minimum atomic E-state index is 0.570. The molecule has 0 saturated carbocycles. The zero-order chi connectivity index (χ0) is 10.5. The summed E-state index contributed by atoms with van der Waals surface area (Å²) in [6.45, 7) is 0.775. The van der Waals surface area contributed by atoms with Gasteiger partial charge in [-0.3, -0.25) is 0 Å². The Bertz CT molecular complexity index is 397. The number of hydrogen-bond acceptors (Lipinski definition) is 6. The normalized spacial score (nSPS) is 10.1. The van der Waals surface area contributed by atoms with Crippen LogP contribution in [0.15, 0.2) is 24.0 Å². The van der Waals surface area contributed by atoms with Gasteiger partial charge in [-0.15, -0.1) is 11.3 Å². The molecule has 6 heteroatoms. The Hall–Kier alpha value is -1.69. The lowest BCUT2D eigenvalue weighted by Gasteiger charge is -2.02. The van der Waals surface area contributed by atoms with Crippen LogP contribution in [-0.4, -0.2) is 21.5 Å². The molecule has 5 nitrogen and oxygen atoms in total. The Labute approximate surface area is 91.4 Å². The number of rotatable bonds is 4. The molecule has 3 N–H and O–H groups in total. The number of nitrogens with zero attached hydrogens (tertiary/aromatic N) is 3. The van der Waals surface area contributed by atoms with Gasteiger partial charge in [-0.2, -0.15) is 0 Å². The van der Waals surface area contributed by atoms with Crippen LogP contribution in [-0.2, 0) is 6.42 Å². The molecular formula is C9H11N5S. The van der Waals surface area contributed by atoms with Crippen molar-refractivity contribution in [2.45, 2.75) is 6.42 Å². The summed E-state index contributed by atoms with van der Waals surface area (Å²) in [6.07, 6.45) is 5.85. The molecule has 0 unspecified atom stereocenters. The van der Waals surface area contributed by atoms with Gasteiger partial charge in [-0.25, -0.2) is 15.0 Å². The number of aromatic nitrogens is 3. The summed E-state index contributed by atoms with van der Waals surface area (Å²) in [5.41, 5.74) is 6.04. The highest BCUT2D eigenvalue weighted by atomic mass is 32.1. The number of hydrogen-bond donors (Lipinski definition) is 2. The predicted molar refractivity (Wildman–Crippen MR) is 60.8 cm³/mol. The molecule has 0 saturated heterocycles. The maximum absolute atomic E-state index is 5.47. The Balaban J connectivity index is 1.81. The van der Waals surface area contributed by atoms with E-state index in [1.807, 2.05) is 5.38 Å². The fourth-order valence-electron chi connectivity index (χ4n) is 1.09. The molecule has 78 valence electrons. The molecule has 2 rings (SSSR count). The van der Waals surface area contributed by atoms with Crippen molar-refractivity contribution in [1.82, 2.24) is 15.0 Å². The predicted octanol–water partition coefficient (Wildman–Crippen LogP) is 1.17. The first kappa shape index (κ1) is 9.85. The summed E-state index contributed by atoms with van der Waals surface area (Å²) >= 11 is 1.65. The van der Waals surface area contributed by atoms with Crippen LogP contribution in [0.1, 0.15) is 5.01 Å². The summed E-state index contributed by atoms with van der Waals surface area (Å²) in [6, 6.07) is 0. The molecule has 0 aromatic carbocycles. The summed E-state index contributed by atoms with van der Waals surface area (Å²) in [7, 11) is 0. The van der Waals surface area contributed by atoms with Crippen molar-refractivity contribution in [2.75, 3.05) is 17.6 Å². The lowest BCUT2D eigenvalue weighted by atomic mass is 10.4. The molecule has 15 heavy (non-hydrogen) atoms. The molecule has 0 spiro atoms. The molecule has 0 atom stereocenters. The third kappa shape index (κ3) is 2.88. The maximum atomic E-state index is 5.47. The van der Waals surface area contributed by atoms with Gasteiger partial charge in [0, 0.05) is 24.5 Å². The zero-order valence-corrected chi connectivity index (χ0v) is 8.87. The molecule has 2 heterocycles. The molecule has 0 aliphatic carbocycles. The van der Waals surface area contributed by atoms with Crippen molar-refractivity contribution in [3.8, 4) is 0 Å². The molecule has 0 amide bonds. The summed E-state index contributed by atoms with van der Waals surface area (Å²) in [5.74, 6) is 0.598. The van der Waals surface area contributed by atoms with Crippen LogP contribution in [0.3, 0.4) is 0 Å². The molecule has 0 radical (unpaired) electrons. The van der Waals surface area contributed by atoms with E-state index in [9.17, 15) is 0 Å². The third-order valence-electron chi connectivity index (χ3n) is 1.78. The van der Waals surface area contributed by atoms with Crippen LogP contribution < -0.4 is 11.1 Å². The second kappa shape index (κ2) is 4.70. The monoisotopic (exact) mass is 221 g/mol. The van der Waals surface area contributed by atoms with Crippen molar-refractivity contribution < 1.29 is 0 Å². The van der Waals surface area contributed by atoms with Gasteiger partial charge >= 0.3 is 0 Å². The summed E-state index contributed by atoms with van der Waals surface area (Å²) < 4.78 is 0. The molecule has 0 aliphatic rings. The summed E-state index contributed by atoms with van der Waals surface area (Å²) in [4.78, 5) is 12.2. The fraction of sp³-hybridized carbons (Fsp3) is 0.222. The van der Waals surface area contributed by atoms with Crippen molar-refractivity contribution >= 4 is 23.0 Å². The SMILES string of the molecule is Nc1cnc(NCCc2nccs2)nc1. The molecule has 2 aromatic rings. The Kier molecular flexibility index (Phi) is 3.08. The van der Waals surface area contributed by atoms with Crippen molar-refractivity contribution in [2.24, 2.45) is 0 Å². The van der Waals surface area contributed by atoms with E-state index in [-0.39, 0.29) is 0 Å². The van der Waals surface area contributed by atoms with Crippen LogP contribution in [0.25, 0.3) is 0 Å². The molecule has 0 bridgehead atoms. The maximum Gasteiger partial charge on any atom is 0.222 e. The van der Waals surface area contributed by atoms with E-state index >= 15 is 0 Å². The van der Waals surface area contributed by atoms with E-state index in [1.165, 1.54) is 0 Å². The number of nitrogen functional groups attached to an aromatic ring is 1. The third-order valence-corrected chi connectivity index (χ3v) is 2.62. The zero-order valence-electron chi connectivity index (χ0n) is 8.05. The number of nitrogens with two attached hydrogens (primary N) is 1. The van der Waals surface area contributed by atoms with Gasteiger partial charge in [-0.05, 0) is 0 Å². The second-order valence-corrected chi connectivity index (χ2v) is 3.92. The van der Waals surface area contributed by atoms with Gasteiger partial charge in [0.2, 0.25) is 5.95 Å². The average molecular weight is 221 g/mol. The Morgan fingerprint density at radius 1 is 1.27 bits per heavy atom. The van der Waals surface area contributed by atoms with E-state index in [4.69, 9.17) is 5.73 Å². The largest absolute Gasteiger partial charge is 0.396 e. The Morgan fingerprint density at radius 2 is 2.07 bits per heavy atom. The van der Waals surface area contributed by atoms with E-state index in [1.54, 1.807) is 29.9 Å². The molecule has 0 fully saturated rings.